The molecule has 0 saturated heterocycles. The molecule has 14 heteroatoms. The number of ether oxygens (including phenoxy) is 1. The van der Waals surface area contributed by atoms with Gasteiger partial charge in [-0.3, -0.25) is 14.5 Å². The van der Waals surface area contributed by atoms with Gasteiger partial charge in [0, 0.05) is 28.7 Å². The van der Waals surface area contributed by atoms with E-state index in [1.165, 1.54) is 12.1 Å². The van der Waals surface area contributed by atoms with Gasteiger partial charge in [0.25, 0.3) is 15.9 Å². The topological polar surface area (TPSA) is 172 Å². The minimum Gasteiger partial charge on any atom is -0.492 e. The van der Waals surface area contributed by atoms with Crippen LogP contribution in [0.25, 0.3) is 0 Å². The molecule has 4 rings (SSSR count). The van der Waals surface area contributed by atoms with Gasteiger partial charge < -0.3 is 26.2 Å². The van der Waals surface area contributed by atoms with E-state index in [2.05, 4.69) is 36.3 Å². The van der Waals surface area contributed by atoms with Gasteiger partial charge in [0.15, 0.2) is 5.96 Å². The van der Waals surface area contributed by atoms with Crippen LogP contribution < -0.4 is 25.8 Å². The molecule has 206 valence electrons. The highest BCUT2D eigenvalue weighted by Gasteiger charge is 2.29. The average molecular weight is 637 g/mol. The van der Waals surface area contributed by atoms with Gasteiger partial charge in [-0.15, -0.1) is 11.3 Å². The number of amides is 1. The van der Waals surface area contributed by atoms with Crippen molar-refractivity contribution in [3.63, 3.8) is 0 Å². The van der Waals surface area contributed by atoms with Crippen LogP contribution in [0.2, 0.25) is 0 Å². The summed E-state index contributed by atoms with van der Waals surface area (Å²) >= 11 is 4.32. The zero-order valence-electron chi connectivity index (χ0n) is 20.5. The number of benzene rings is 2. The molecule has 0 spiro atoms. The summed E-state index contributed by atoms with van der Waals surface area (Å²) in [5.41, 5.74) is 7.44. The number of carboxylic acids is 1. The summed E-state index contributed by atoms with van der Waals surface area (Å²) in [5.74, 6) is -1.46. The van der Waals surface area contributed by atoms with Gasteiger partial charge >= 0.3 is 5.97 Å². The number of aliphatic imine (C=N–C) groups is 1. The number of thiophene rings is 1. The van der Waals surface area contributed by atoms with Gasteiger partial charge in [0.2, 0.25) is 0 Å². The van der Waals surface area contributed by atoms with Crippen LogP contribution in [-0.2, 0) is 21.2 Å². The Morgan fingerprint density at radius 2 is 1.97 bits per heavy atom. The van der Waals surface area contributed by atoms with Crippen LogP contribution >= 0.6 is 27.3 Å². The maximum atomic E-state index is 13.2. The van der Waals surface area contributed by atoms with Crippen molar-refractivity contribution in [3.8, 4) is 5.75 Å². The second kappa shape index (κ2) is 12.5. The van der Waals surface area contributed by atoms with Crippen molar-refractivity contribution >= 4 is 66.5 Å². The second-order valence-electron chi connectivity index (χ2n) is 8.52. The zero-order chi connectivity index (χ0) is 28.0. The molecule has 1 amide bonds. The zero-order valence-corrected chi connectivity index (χ0v) is 23.7. The average Bonchev–Trinajstić information content (AvgIpc) is 3.54. The molecule has 1 aromatic heterocycles. The number of sulfonamides is 1. The number of anilines is 2. The Bertz CT molecular complexity index is 1490. The first-order valence-electron chi connectivity index (χ1n) is 11.9. The lowest BCUT2D eigenvalue weighted by Crippen LogP contribution is -2.40. The highest BCUT2D eigenvalue weighted by molar-refractivity contribution is 9.10. The van der Waals surface area contributed by atoms with E-state index in [0.717, 1.165) is 22.6 Å². The summed E-state index contributed by atoms with van der Waals surface area (Å²) in [7, 11) is -4.11. The van der Waals surface area contributed by atoms with E-state index < -0.39 is 27.9 Å². The Morgan fingerprint density at radius 3 is 2.72 bits per heavy atom. The third-order valence-electron chi connectivity index (χ3n) is 5.70. The Balaban J connectivity index is 1.38. The molecule has 39 heavy (non-hydrogen) atoms. The van der Waals surface area contributed by atoms with E-state index in [1.54, 1.807) is 11.4 Å². The molecule has 1 aliphatic rings. The number of carbonyl (C=O) groups is 2. The SMILES string of the molecule is NC(=NCCC[C@H](NC(=O)c1sccc1NS(=O)(=O)c1cc(Br)cc2c1OCC2)C(=O)O)Nc1ccccc1. The number of fused-ring (bicyclic) bond motifs is 1. The van der Waals surface area contributed by atoms with Crippen molar-refractivity contribution in [2.75, 3.05) is 23.2 Å². The lowest BCUT2D eigenvalue weighted by Gasteiger charge is -2.15. The normalized spacial score (nSPS) is 13.7. The summed E-state index contributed by atoms with van der Waals surface area (Å²) in [6.07, 6.45) is 1.02. The summed E-state index contributed by atoms with van der Waals surface area (Å²) in [4.78, 5) is 28.9. The first-order valence-corrected chi connectivity index (χ1v) is 15.0. The molecule has 3 aromatic rings. The van der Waals surface area contributed by atoms with E-state index in [-0.39, 0.29) is 40.1 Å². The van der Waals surface area contributed by atoms with Gasteiger partial charge in [-0.1, -0.05) is 34.1 Å². The van der Waals surface area contributed by atoms with Crippen molar-refractivity contribution in [1.82, 2.24) is 5.32 Å². The summed E-state index contributed by atoms with van der Waals surface area (Å²) in [5, 5.41) is 16.6. The molecule has 1 atom stereocenters. The molecule has 11 nitrogen and oxygen atoms in total. The van der Waals surface area contributed by atoms with Crippen LogP contribution in [0.1, 0.15) is 28.1 Å². The van der Waals surface area contributed by atoms with E-state index in [9.17, 15) is 23.1 Å². The number of carboxylic acid groups (broad SMARTS) is 1. The number of hydrogen-bond donors (Lipinski definition) is 5. The van der Waals surface area contributed by atoms with Crippen LogP contribution in [-0.4, -0.2) is 50.6 Å². The number of carbonyl (C=O) groups excluding carboxylic acids is 1. The first-order chi connectivity index (χ1) is 18.6. The van der Waals surface area contributed by atoms with E-state index in [1.807, 2.05) is 30.3 Å². The van der Waals surface area contributed by atoms with E-state index >= 15 is 0 Å². The Labute approximate surface area is 237 Å². The molecular formula is C25H26BrN5O6S2. The standard InChI is InChI=1S/C25H26BrN5O6S2/c26-16-13-15-8-11-37-21(15)20(14-16)39(35,36)31-18-9-12-38-22(18)23(32)30-19(24(33)34)7-4-10-28-25(27)29-17-5-2-1-3-6-17/h1-3,5-6,9,12-14,19,31H,4,7-8,10-11H2,(H,30,32)(H,33,34)(H3,27,28,29)/t19-/m0/s1. The highest BCUT2D eigenvalue weighted by atomic mass is 79.9. The van der Waals surface area contributed by atoms with Crippen molar-refractivity contribution in [3.05, 3.63) is 68.8 Å². The highest BCUT2D eigenvalue weighted by Crippen LogP contribution is 2.37. The van der Waals surface area contributed by atoms with Crippen LogP contribution in [0.4, 0.5) is 11.4 Å². The number of halogens is 1. The lowest BCUT2D eigenvalue weighted by molar-refractivity contribution is -0.139. The Kier molecular flexibility index (Phi) is 9.09. The van der Waals surface area contributed by atoms with Crippen molar-refractivity contribution in [2.24, 2.45) is 10.7 Å². The van der Waals surface area contributed by atoms with Crippen molar-refractivity contribution < 1.29 is 27.9 Å². The van der Waals surface area contributed by atoms with Gasteiger partial charge in [-0.2, -0.15) is 0 Å². The number of hydrogen-bond acceptors (Lipinski definition) is 7. The molecule has 0 saturated carbocycles. The predicted molar refractivity (Wildman–Crippen MR) is 153 cm³/mol. The van der Waals surface area contributed by atoms with Crippen LogP contribution in [0.15, 0.2) is 68.3 Å². The monoisotopic (exact) mass is 635 g/mol. The number of aliphatic carboxylic acids is 1. The van der Waals surface area contributed by atoms with E-state index in [0.29, 0.717) is 23.9 Å². The molecule has 2 heterocycles. The number of para-hydroxylation sites is 1. The van der Waals surface area contributed by atoms with Crippen molar-refractivity contribution in [1.29, 1.82) is 0 Å². The largest absolute Gasteiger partial charge is 0.492 e. The molecule has 0 aliphatic carbocycles. The summed E-state index contributed by atoms with van der Waals surface area (Å²) in [6, 6.07) is 12.7. The third-order valence-corrected chi connectivity index (χ3v) is 8.44. The molecule has 6 N–H and O–H groups in total. The Morgan fingerprint density at radius 1 is 1.21 bits per heavy atom. The summed E-state index contributed by atoms with van der Waals surface area (Å²) < 4.78 is 35.0. The molecule has 1 aliphatic heterocycles. The van der Waals surface area contributed by atoms with Gasteiger partial charge in [0.05, 0.1) is 12.3 Å². The third kappa shape index (κ3) is 7.28. The molecule has 0 radical (unpaired) electrons. The van der Waals surface area contributed by atoms with Crippen LogP contribution in [0.3, 0.4) is 0 Å². The smallest absolute Gasteiger partial charge is 0.326 e. The molecule has 0 fully saturated rings. The number of nitrogens with zero attached hydrogens (tertiary/aromatic N) is 1. The van der Waals surface area contributed by atoms with Crippen LogP contribution in [0.5, 0.6) is 5.75 Å². The number of rotatable bonds is 11. The fraction of sp³-hybridized carbons (Fsp3) is 0.240. The molecule has 0 bridgehead atoms. The maximum absolute atomic E-state index is 13.2. The molecular weight excluding hydrogens is 610 g/mol. The second-order valence-corrected chi connectivity index (χ2v) is 12.0. The summed E-state index contributed by atoms with van der Waals surface area (Å²) in [6.45, 7) is 0.618. The van der Waals surface area contributed by atoms with Crippen molar-refractivity contribution in [2.45, 2.75) is 30.2 Å². The number of guanidine groups is 1. The quantitative estimate of drug-likeness (QED) is 0.121. The fourth-order valence-corrected chi connectivity index (χ4v) is 6.64. The lowest BCUT2D eigenvalue weighted by atomic mass is 10.1. The van der Waals surface area contributed by atoms with Crippen LogP contribution in [0, 0.1) is 0 Å². The first kappa shape index (κ1) is 28.4. The predicted octanol–water partition coefficient (Wildman–Crippen LogP) is 3.64. The molecule has 2 aromatic carbocycles. The Hall–Kier alpha value is -3.62. The van der Waals surface area contributed by atoms with Gasteiger partial charge in [-0.05, 0) is 48.6 Å². The van der Waals surface area contributed by atoms with E-state index in [4.69, 9.17) is 10.5 Å². The minimum absolute atomic E-state index is 0.0340. The fourth-order valence-electron chi connectivity index (χ4n) is 3.89. The van der Waals surface area contributed by atoms with Gasteiger partial charge in [0.1, 0.15) is 21.6 Å². The van der Waals surface area contributed by atoms with Gasteiger partial charge in [-0.25, -0.2) is 13.2 Å². The molecule has 0 unspecified atom stereocenters. The number of nitrogens with one attached hydrogen (secondary N) is 3. The maximum Gasteiger partial charge on any atom is 0.326 e. The number of nitrogens with two attached hydrogens (primary N) is 1. The minimum atomic E-state index is -4.11.